The fraction of sp³-hybridized carbons (Fsp3) is 0.364. The Hall–Kier alpha value is -1.82. The predicted molar refractivity (Wildman–Crippen MR) is 59.1 cm³/mol. The maximum atomic E-state index is 13.1. The minimum absolute atomic E-state index is 0.178. The van der Waals surface area contributed by atoms with E-state index in [-0.39, 0.29) is 11.9 Å². The molecule has 0 amide bonds. The molecule has 1 aromatic carbocycles. The molecule has 0 saturated carbocycles. The van der Waals surface area contributed by atoms with E-state index in [1.54, 1.807) is 12.1 Å². The maximum Gasteiger partial charge on any atom is 0.192 e. The summed E-state index contributed by atoms with van der Waals surface area (Å²) in [5.41, 5.74) is 0.585. The summed E-state index contributed by atoms with van der Waals surface area (Å²) in [6.45, 7) is 0.985. The second-order valence-corrected chi connectivity index (χ2v) is 4.07. The van der Waals surface area contributed by atoms with Crippen LogP contribution in [0.2, 0.25) is 0 Å². The highest BCUT2D eigenvalue weighted by Crippen LogP contribution is 2.19. The normalized spacial score (nSPS) is 19.7. The van der Waals surface area contributed by atoms with E-state index < -0.39 is 0 Å². The zero-order valence-electron chi connectivity index (χ0n) is 9.17. The van der Waals surface area contributed by atoms with Crippen LogP contribution in [0.25, 0.3) is 5.69 Å². The zero-order chi connectivity index (χ0) is 11.7. The zero-order valence-corrected chi connectivity index (χ0v) is 9.17. The molecular weight excluding hydrogens is 221 g/mol. The lowest BCUT2D eigenvalue weighted by Gasteiger charge is -2.02. The molecule has 1 aliphatic heterocycles. The second kappa shape index (κ2) is 4.21. The van der Waals surface area contributed by atoms with Gasteiger partial charge in [0.15, 0.2) is 5.82 Å². The molecule has 1 N–H and O–H groups in total. The number of tetrazole rings is 1. The van der Waals surface area contributed by atoms with Gasteiger partial charge in [0, 0.05) is 6.07 Å². The molecule has 2 aromatic rings. The van der Waals surface area contributed by atoms with Gasteiger partial charge in [-0.05, 0) is 36.7 Å². The van der Waals surface area contributed by atoms with Gasteiger partial charge in [0.05, 0.1) is 11.7 Å². The number of aromatic nitrogens is 4. The van der Waals surface area contributed by atoms with Crippen LogP contribution in [0.5, 0.6) is 0 Å². The molecule has 1 fully saturated rings. The van der Waals surface area contributed by atoms with E-state index in [4.69, 9.17) is 0 Å². The van der Waals surface area contributed by atoms with Crippen molar-refractivity contribution in [2.75, 3.05) is 6.54 Å². The van der Waals surface area contributed by atoms with E-state index in [0.717, 1.165) is 19.4 Å². The van der Waals surface area contributed by atoms with Crippen molar-refractivity contribution in [3.63, 3.8) is 0 Å². The molecule has 2 heterocycles. The molecule has 1 atom stereocenters. The first-order valence-corrected chi connectivity index (χ1v) is 5.62. The van der Waals surface area contributed by atoms with Gasteiger partial charge in [0.25, 0.3) is 0 Å². The van der Waals surface area contributed by atoms with Crippen molar-refractivity contribution in [1.29, 1.82) is 0 Å². The van der Waals surface area contributed by atoms with Gasteiger partial charge in [0.1, 0.15) is 5.82 Å². The Kier molecular flexibility index (Phi) is 2.56. The van der Waals surface area contributed by atoms with Crippen molar-refractivity contribution in [2.45, 2.75) is 18.9 Å². The van der Waals surface area contributed by atoms with E-state index >= 15 is 0 Å². The molecule has 1 aliphatic rings. The molecule has 5 nitrogen and oxygen atoms in total. The van der Waals surface area contributed by atoms with Crippen LogP contribution in [0.15, 0.2) is 24.3 Å². The topological polar surface area (TPSA) is 55.6 Å². The molecule has 17 heavy (non-hydrogen) atoms. The van der Waals surface area contributed by atoms with Crippen LogP contribution < -0.4 is 5.32 Å². The van der Waals surface area contributed by atoms with Crippen molar-refractivity contribution in [2.24, 2.45) is 0 Å². The van der Waals surface area contributed by atoms with Gasteiger partial charge < -0.3 is 5.32 Å². The minimum Gasteiger partial charge on any atom is -0.307 e. The SMILES string of the molecule is Fc1cccc(-n2nnc(C3CCCN3)n2)c1. The highest BCUT2D eigenvalue weighted by molar-refractivity contribution is 5.29. The first kappa shape index (κ1) is 10.3. The lowest BCUT2D eigenvalue weighted by atomic mass is 10.2. The predicted octanol–water partition coefficient (Wildman–Crippen LogP) is 1.23. The van der Waals surface area contributed by atoms with Crippen LogP contribution in [0.4, 0.5) is 4.39 Å². The third kappa shape index (κ3) is 2.03. The monoisotopic (exact) mass is 233 g/mol. The van der Waals surface area contributed by atoms with Crippen LogP contribution in [0.3, 0.4) is 0 Å². The van der Waals surface area contributed by atoms with Gasteiger partial charge in [0.2, 0.25) is 0 Å². The Morgan fingerprint density at radius 3 is 3.12 bits per heavy atom. The van der Waals surface area contributed by atoms with E-state index in [0.29, 0.717) is 11.5 Å². The average molecular weight is 233 g/mol. The van der Waals surface area contributed by atoms with Crippen molar-refractivity contribution in [3.05, 3.63) is 35.9 Å². The number of hydrogen-bond acceptors (Lipinski definition) is 4. The summed E-state index contributed by atoms with van der Waals surface area (Å²) >= 11 is 0. The van der Waals surface area contributed by atoms with Gasteiger partial charge in [-0.1, -0.05) is 6.07 Å². The average Bonchev–Trinajstić information content (AvgIpc) is 3.00. The standard InChI is InChI=1S/C11H12FN5/c12-8-3-1-4-9(7-8)17-15-11(14-16-17)10-5-2-6-13-10/h1,3-4,7,10,13H,2,5-6H2. The van der Waals surface area contributed by atoms with Crippen molar-refractivity contribution < 1.29 is 4.39 Å². The quantitative estimate of drug-likeness (QED) is 0.847. The number of nitrogens with one attached hydrogen (secondary N) is 1. The van der Waals surface area contributed by atoms with Crippen molar-refractivity contribution in [1.82, 2.24) is 25.5 Å². The summed E-state index contributed by atoms with van der Waals surface area (Å²) in [4.78, 5) is 1.36. The van der Waals surface area contributed by atoms with Crippen LogP contribution in [-0.4, -0.2) is 26.8 Å². The number of benzene rings is 1. The molecular formula is C11H12FN5. The lowest BCUT2D eigenvalue weighted by molar-refractivity contribution is 0.600. The molecule has 0 spiro atoms. The summed E-state index contributed by atoms with van der Waals surface area (Å²) in [6, 6.07) is 6.32. The van der Waals surface area contributed by atoms with Gasteiger partial charge in [-0.15, -0.1) is 15.0 Å². The number of nitrogens with zero attached hydrogens (tertiary/aromatic N) is 4. The Labute approximate surface area is 97.6 Å². The van der Waals surface area contributed by atoms with E-state index in [1.807, 2.05) is 0 Å². The van der Waals surface area contributed by atoms with Gasteiger partial charge in [-0.2, -0.15) is 0 Å². The fourth-order valence-corrected chi connectivity index (χ4v) is 1.98. The van der Waals surface area contributed by atoms with Crippen molar-refractivity contribution in [3.8, 4) is 5.69 Å². The number of halogens is 1. The maximum absolute atomic E-state index is 13.1. The molecule has 1 aromatic heterocycles. The first-order valence-electron chi connectivity index (χ1n) is 5.62. The van der Waals surface area contributed by atoms with Crippen LogP contribution in [-0.2, 0) is 0 Å². The summed E-state index contributed by atoms with van der Waals surface area (Å²) in [5.74, 6) is 0.368. The first-order chi connectivity index (χ1) is 8.33. The summed E-state index contributed by atoms with van der Waals surface area (Å²) in [7, 11) is 0. The van der Waals surface area contributed by atoms with Gasteiger partial charge >= 0.3 is 0 Å². The summed E-state index contributed by atoms with van der Waals surface area (Å²) < 4.78 is 13.1. The lowest BCUT2D eigenvalue weighted by Crippen LogP contribution is -2.14. The summed E-state index contributed by atoms with van der Waals surface area (Å²) in [6.07, 6.45) is 2.15. The van der Waals surface area contributed by atoms with E-state index in [9.17, 15) is 4.39 Å². The molecule has 1 saturated heterocycles. The largest absolute Gasteiger partial charge is 0.307 e. The minimum atomic E-state index is -0.305. The Morgan fingerprint density at radius 1 is 1.41 bits per heavy atom. The molecule has 0 bridgehead atoms. The highest BCUT2D eigenvalue weighted by atomic mass is 19.1. The Balaban J connectivity index is 1.89. The van der Waals surface area contributed by atoms with Crippen LogP contribution in [0, 0.1) is 5.82 Å². The fourth-order valence-electron chi connectivity index (χ4n) is 1.98. The third-order valence-corrected chi connectivity index (χ3v) is 2.84. The van der Waals surface area contributed by atoms with Gasteiger partial charge in [-0.3, -0.25) is 0 Å². The molecule has 1 unspecified atom stereocenters. The van der Waals surface area contributed by atoms with Crippen LogP contribution >= 0.6 is 0 Å². The molecule has 3 rings (SSSR count). The third-order valence-electron chi connectivity index (χ3n) is 2.84. The molecule has 6 heteroatoms. The number of rotatable bonds is 2. The van der Waals surface area contributed by atoms with Gasteiger partial charge in [-0.25, -0.2) is 4.39 Å². The smallest absolute Gasteiger partial charge is 0.192 e. The Bertz CT molecular complexity index is 518. The Morgan fingerprint density at radius 2 is 2.35 bits per heavy atom. The molecule has 88 valence electrons. The van der Waals surface area contributed by atoms with Crippen molar-refractivity contribution >= 4 is 0 Å². The highest BCUT2D eigenvalue weighted by Gasteiger charge is 2.21. The number of hydrogen-bond donors (Lipinski definition) is 1. The second-order valence-electron chi connectivity index (χ2n) is 4.07. The van der Waals surface area contributed by atoms with E-state index in [2.05, 4.69) is 20.7 Å². The molecule has 0 radical (unpaired) electrons. The van der Waals surface area contributed by atoms with Crippen LogP contribution in [0.1, 0.15) is 24.7 Å². The summed E-state index contributed by atoms with van der Waals surface area (Å²) in [5, 5.41) is 15.5. The molecule has 0 aliphatic carbocycles. The van der Waals surface area contributed by atoms with E-state index in [1.165, 1.54) is 16.9 Å².